The maximum atomic E-state index is 12.8. The van der Waals surface area contributed by atoms with Crippen LogP contribution < -0.4 is 19.9 Å². The Hall–Kier alpha value is -3.22. The van der Waals surface area contributed by atoms with Crippen LogP contribution in [0.1, 0.15) is 12.8 Å². The highest BCUT2D eigenvalue weighted by molar-refractivity contribution is 6.01. The minimum Gasteiger partial charge on any atom is -0.497 e. The molecule has 2 saturated heterocycles. The summed E-state index contributed by atoms with van der Waals surface area (Å²) < 4.78 is 5.21. The zero-order valence-electron chi connectivity index (χ0n) is 16.6. The van der Waals surface area contributed by atoms with E-state index in [9.17, 15) is 9.59 Å². The van der Waals surface area contributed by atoms with Crippen LogP contribution in [0.3, 0.4) is 0 Å². The number of nitrogens with zero attached hydrogens (tertiary/aromatic N) is 3. The molecular weight excluding hydrogens is 368 g/mol. The molecule has 2 aromatic carbocycles. The number of amides is 3. The molecule has 2 aromatic rings. The molecule has 152 valence electrons. The Morgan fingerprint density at radius 2 is 1.69 bits per heavy atom. The molecule has 2 fully saturated rings. The van der Waals surface area contributed by atoms with Gasteiger partial charge in [0, 0.05) is 44.8 Å². The predicted octanol–water partition coefficient (Wildman–Crippen LogP) is 3.18. The van der Waals surface area contributed by atoms with E-state index in [4.69, 9.17) is 4.74 Å². The average Bonchev–Trinajstić information content (AvgIpc) is 3.20. The van der Waals surface area contributed by atoms with E-state index < -0.39 is 0 Å². The number of benzene rings is 2. The van der Waals surface area contributed by atoms with E-state index in [0.717, 1.165) is 36.6 Å². The number of para-hydroxylation sites is 2. The second-order valence-electron chi connectivity index (χ2n) is 7.27. The number of urea groups is 1. The molecule has 29 heavy (non-hydrogen) atoms. The third-order valence-electron chi connectivity index (χ3n) is 5.51. The van der Waals surface area contributed by atoms with Crippen LogP contribution in [0.5, 0.6) is 5.75 Å². The number of rotatable bonds is 4. The standard InChI is InChI=1S/C22H26N4O3/c1-29-18-10-8-17(9-11-18)24-13-15-25(16-14-24)22(28)23-19-5-2-3-6-20(19)26-12-4-7-21(26)27/h2-3,5-6,8-11H,4,7,12-16H2,1H3,(H,23,28). The molecular formula is C22H26N4O3. The van der Waals surface area contributed by atoms with Gasteiger partial charge in [0.15, 0.2) is 0 Å². The lowest BCUT2D eigenvalue weighted by Crippen LogP contribution is -2.50. The molecule has 0 bridgehead atoms. The number of anilines is 3. The van der Waals surface area contributed by atoms with Gasteiger partial charge in [0.2, 0.25) is 5.91 Å². The first-order chi connectivity index (χ1) is 14.2. The highest BCUT2D eigenvalue weighted by atomic mass is 16.5. The fraction of sp³-hybridized carbons (Fsp3) is 0.364. The molecule has 7 heteroatoms. The number of nitrogens with one attached hydrogen (secondary N) is 1. The Balaban J connectivity index is 1.37. The first-order valence-corrected chi connectivity index (χ1v) is 10.00. The van der Waals surface area contributed by atoms with Gasteiger partial charge in [0.05, 0.1) is 18.5 Å². The quantitative estimate of drug-likeness (QED) is 0.865. The van der Waals surface area contributed by atoms with Crippen molar-refractivity contribution in [1.29, 1.82) is 0 Å². The van der Waals surface area contributed by atoms with Gasteiger partial charge in [0.25, 0.3) is 0 Å². The molecule has 0 aromatic heterocycles. The van der Waals surface area contributed by atoms with Gasteiger partial charge in [-0.25, -0.2) is 4.79 Å². The summed E-state index contributed by atoms with van der Waals surface area (Å²) in [6.07, 6.45) is 1.42. The van der Waals surface area contributed by atoms with Crippen molar-refractivity contribution in [3.05, 3.63) is 48.5 Å². The lowest BCUT2D eigenvalue weighted by atomic mass is 10.2. The van der Waals surface area contributed by atoms with Crippen LogP contribution in [-0.4, -0.2) is 56.7 Å². The highest BCUT2D eigenvalue weighted by Crippen LogP contribution is 2.29. The van der Waals surface area contributed by atoms with Crippen molar-refractivity contribution in [2.45, 2.75) is 12.8 Å². The van der Waals surface area contributed by atoms with E-state index in [-0.39, 0.29) is 11.9 Å². The van der Waals surface area contributed by atoms with E-state index in [1.54, 1.807) is 12.0 Å². The zero-order chi connectivity index (χ0) is 20.2. The largest absolute Gasteiger partial charge is 0.497 e. The van der Waals surface area contributed by atoms with Crippen LogP contribution in [0.4, 0.5) is 21.9 Å². The van der Waals surface area contributed by atoms with Crippen LogP contribution in [0.15, 0.2) is 48.5 Å². The van der Waals surface area contributed by atoms with Crippen molar-refractivity contribution in [1.82, 2.24) is 4.90 Å². The summed E-state index contributed by atoms with van der Waals surface area (Å²) in [4.78, 5) is 30.8. The van der Waals surface area contributed by atoms with E-state index in [1.807, 2.05) is 53.4 Å². The smallest absolute Gasteiger partial charge is 0.322 e. The molecule has 4 rings (SSSR count). The number of methoxy groups -OCH3 is 1. The van der Waals surface area contributed by atoms with E-state index in [2.05, 4.69) is 10.2 Å². The second-order valence-corrected chi connectivity index (χ2v) is 7.27. The number of ether oxygens (including phenoxy) is 1. The molecule has 2 aliphatic heterocycles. The molecule has 0 unspecified atom stereocenters. The van der Waals surface area contributed by atoms with Gasteiger partial charge in [-0.05, 0) is 42.8 Å². The molecule has 0 atom stereocenters. The molecule has 3 amide bonds. The topological polar surface area (TPSA) is 65.1 Å². The number of piperazine rings is 1. The minimum atomic E-state index is -0.126. The molecule has 0 radical (unpaired) electrons. The Bertz CT molecular complexity index is 876. The maximum absolute atomic E-state index is 12.8. The van der Waals surface area contributed by atoms with Crippen molar-refractivity contribution in [2.75, 3.05) is 55.0 Å². The number of hydrogen-bond acceptors (Lipinski definition) is 4. The molecule has 2 aliphatic rings. The van der Waals surface area contributed by atoms with E-state index in [0.29, 0.717) is 31.7 Å². The number of carbonyl (C=O) groups excluding carboxylic acids is 2. The van der Waals surface area contributed by atoms with Gasteiger partial charge in [0.1, 0.15) is 5.75 Å². The third-order valence-corrected chi connectivity index (χ3v) is 5.51. The summed E-state index contributed by atoms with van der Waals surface area (Å²) >= 11 is 0. The van der Waals surface area contributed by atoms with Crippen molar-refractivity contribution in [2.24, 2.45) is 0 Å². The third kappa shape index (κ3) is 4.13. The van der Waals surface area contributed by atoms with Crippen LogP contribution >= 0.6 is 0 Å². The predicted molar refractivity (Wildman–Crippen MR) is 114 cm³/mol. The summed E-state index contributed by atoms with van der Waals surface area (Å²) in [5, 5.41) is 3.01. The normalized spacial score (nSPS) is 16.9. The average molecular weight is 394 g/mol. The first-order valence-electron chi connectivity index (χ1n) is 10.00. The van der Waals surface area contributed by atoms with E-state index >= 15 is 0 Å². The van der Waals surface area contributed by atoms with Crippen LogP contribution in [0.25, 0.3) is 0 Å². The monoisotopic (exact) mass is 394 g/mol. The van der Waals surface area contributed by atoms with Crippen molar-refractivity contribution >= 4 is 29.0 Å². The van der Waals surface area contributed by atoms with Crippen molar-refractivity contribution < 1.29 is 14.3 Å². The van der Waals surface area contributed by atoms with Gasteiger partial charge >= 0.3 is 6.03 Å². The second kappa shape index (κ2) is 8.43. The van der Waals surface area contributed by atoms with Crippen LogP contribution in [0, 0.1) is 0 Å². The summed E-state index contributed by atoms with van der Waals surface area (Å²) in [7, 11) is 1.66. The summed E-state index contributed by atoms with van der Waals surface area (Å²) in [6.45, 7) is 3.52. The number of hydrogen-bond donors (Lipinski definition) is 1. The zero-order valence-corrected chi connectivity index (χ0v) is 16.6. The lowest BCUT2D eigenvalue weighted by molar-refractivity contribution is -0.117. The van der Waals surface area contributed by atoms with E-state index in [1.165, 1.54) is 0 Å². The van der Waals surface area contributed by atoms with Crippen LogP contribution in [-0.2, 0) is 4.79 Å². The summed E-state index contributed by atoms with van der Waals surface area (Å²) in [6, 6.07) is 15.4. The van der Waals surface area contributed by atoms with Crippen molar-refractivity contribution in [3.8, 4) is 5.75 Å². The molecule has 0 aliphatic carbocycles. The fourth-order valence-corrected chi connectivity index (χ4v) is 3.87. The Labute approximate surface area is 170 Å². The number of carbonyl (C=O) groups is 2. The highest BCUT2D eigenvalue weighted by Gasteiger charge is 2.26. The van der Waals surface area contributed by atoms with Gasteiger partial charge in [-0.1, -0.05) is 12.1 Å². The fourth-order valence-electron chi connectivity index (χ4n) is 3.87. The molecule has 2 heterocycles. The summed E-state index contributed by atoms with van der Waals surface area (Å²) in [5.74, 6) is 0.946. The van der Waals surface area contributed by atoms with Crippen LogP contribution in [0.2, 0.25) is 0 Å². The van der Waals surface area contributed by atoms with Gasteiger partial charge < -0.3 is 24.8 Å². The summed E-state index contributed by atoms with van der Waals surface area (Å²) in [5.41, 5.74) is 2.59. The minimum absolute atomic E-state index is 0.111. The van der Waals surface area contributed by atoms with Gasteiger partial charge in [-0.2, -0.15) is 0 Å². The molecule has 0 spiro atoms. The van der Waals surface area contributed by atoms with Crippen molar-refractivity contribution in [3.63, 3.8) is 0 Å². The molecule has 7 nitrogen and oxygen atoms in total. The molecule has 1 N–H and O–H groups in total. The maximum Gasteiger partial charge on any atom is 0.322 e. The lowest BCUT2D eigenvalue weighted by Gasteiger charge is -2.36. The Morgan fingerprint density at radius 1 is 0.966 bits per heavy atom. The van der Waals surface area contributed by atoms with Gasteiger partial charge in [-0.15, -0.1) is 0 Å². The van der Waals surface area contributed by atoms with Gasteiger partial charge in [-0.3, -0.25) is 4.79 Å². The Morgan fingerprint density at radius 3 is 2.34 bits per heavy atom. The first kappa shape index (κ1) is 19.1. The molecule has 0 saturated carbocycles. The SMILES string of the molecule is COc1ccc(N2CCN(C(=O)Nc3ccccc3N3CCCC3=O)CC2)cc1. The Kier molecular flexibility index (Phi) is 5.55.